The molecule has 2 rings (SSSR count). The Bertz CT molecular complexity index is 473. The molecule has 1 aliphatic carbocycles. The monoisotopic (exact) mass is 308 g/mol. The molecule has 1 aromatic rings. The van der Waals surface area contributed by atoms with Gasteiger partial charge in [-0.2, -0.15) is 0 Å². The van der Waals surface area contributed by atoms with Crippen molar-refractivity contribution < 1.29 is 4.79 Å². The number of amides is 1. The minimum atomic E-state index is 0.0205. The second-order valence-electron chi connectivity index (χ2n) is 6.03. The topological polar surface area (TPSA) is 41.1 Å². The van der Waals surface area contributed by atoms with Gasteiger partial charge in [-0.05, 0) is 43.9 Å². The van der Waals surface area contributed by atoms with E-state index in [1.165, 1.54) is 32.1 Å². The van der Waals surface area contributed by atoms with Crippen LogP contribution >= 0.6 is 11.6 Å². The van der Waals surface area contributed by atoms with Gasteiger partial charge in [-0.25, -0.2) is 0 Å². The van der Waals surface area contributed by atoms with Gasteiger partial charge in [0.05, 0.1) is 10.7 Å². The van der Waals surface area contributed by atoms with Crippen molar-refractivity contribution in [3.8, 4) is 0 Å². The molecule has 0 bridgehead atoms. The standard InChI is InChI=1S/C17H25ClN2O/c1-12-10-13(2)17(15(18)11-12)20-16(21)8-9-19-14-6-4-3-5-7-14/h10-11,14,19H,3-9H2,1-2H3,(H,20,21). The van der Waals surface area contributed by atoms with Gasteiger partial charge in [0.25, 0.3) is 0 Å². The Morgan fingerprint density at radius 1 is 1.24 bits per heavy atom. The molecule has 0 heterocycles. The van der Waals surface area contributed by atoms with Crippen LogP contribution in [0.2, 0.25) is 5.02 Å². The number of carbonyl (C=O) groups is 1. The summed E-state index contributed by atoms with van der Waals surface area (Å²) in [6, 6.07) is 4.50. The molecule has 0 spiro atoms. The van der Waals surface area contributed by atoms with E-state index >= 15 is 0 Å². The highest BCUT2D eigenvalue weighted by molar-refractivity contribution is 6.34. The fourth-order valence-electron chi connectivity index (χ4n) is 2.97. The van der Waals surface area contributed by atoms with Crippen molar-refractivity contribution in [2.45, 2.75) is 58.4 Å². The predicted molar refractivity (Wildman–Crippen MR) is 89.0 cm³/mol. The number of benzene rings is 1. The number of rotatable bonds is 5. The highest BCUT2D eigenvalue weighted by Gasteiger charge is 2.13. The smallest absolute Gasteiger partial charge is 0.225 e. The Kier molecular flexibility index (Phi) is 6.07. The lowest BCUT2D eigenvalue weighted by molar-refractivity contribution is -0.116. The molecule has 116 valence electrons. The summed E-state index contributed by atoms with van der Waals surface area (Å²) < 4.78 is 0. The highest BCUT2D eigenvalue weighted by Crippen LogP contribution is 2.27. The molecule has 3 nitrogen and oxygen atoms in total. The lowest BCUT2D eigenvalue weighted by atomic mass is 9.95. The minimum absolute atomic E-state index is 0.0205. The van der Waals surface area contributed by atoms with Crippen LogP contribution in [0.1, 0.15) is 49.7 Å². The number of nitrogens with one attached hydrogen (secondary N) is 2. The molecule has 21 heavy (non-hydrogen) atoms. The second kappa shape index (κ2) is 7.81. The lowest BCUT2D eigenvalue weighted by Crippen LogP contribution is -2.33. The van der Waals surface area contributed by atoms with Crippen LogP contribution < -0.4 is 10.6 Å². The molecule has 1 saturated carbocycles. The summed E-state index contributed by atoms with van der Waals surface area (Å²) in [4.78, 5) is 12.0. The van der Waals surface area contributed by atoms with Crippen molar-refractivity contribution >= 4 is 23.2 Å². The average molecular weight is 309 g/mol. The first-order valence-electron chi connectivity index (χ1n) is 7.86. The van der Waals surface area contributed by atoms with Crippen molar-refractivity contribution in [3.63, 3.8) is 0 Å². The maximum Gasteiger partial charge on any atom is 0.225 e. The average Bonchev–Trinajstić information content (AvgIpc) is 2.44. The van der Waals surface area contributed by atoms with Crippen molar-refractivity contribution in [1.29, 1.82) is 0 Å². The van der Waals surface area contributed by atoms with Crippen molar-refractivity contribution in [2.24, 2.45) is 0 Å². The maximum atomic E-state index is 12.0. The van der Waals surface area contributed by atoms with Gasteiger partial charge in [0.1, 0.15) is 0 Å². The summed E-state index contributed by atoms with van der Waals surface area (Å²) in [5, 5.41) is 7.03. The Morgan fingerprint density at radius 2 is 1.95 bits per heavy atom. The highest BCUT2D eigenvalue weighted by atomic mass is 35.5. The summed E-state index contributed by atoms with van der Waals surface area (Å²) in [5.41, 5.74) is 2.85. The summed E-state index contributed by atoms with van der Waals surface area (Å²) in [5.74, 6) is 0.0205. The maximum absolute atomic E-state index is 12.0. The van der Waals surface area contributed by atoms with Crippen LogP contribution in [0.4, 0.5) is 5.69 Å². The molecular formula is C17H25ClN2O. The number of halogens is 1. The van der Waals surface area contributed by atoms with E-state index in [1.54, 1.807) is 0 Å². The van der Waals surface area contributed by atoms with Gasteiger partial charge in [-0.15, -0.1) is 0 Å². The Balaban J connectivity index is 1.79. The van der Waals surface area contributed by atoms with Crippen LogP contribution in [0.15, 0.2) is 12.1 Å². The van der Waals surface area contributed by atoms with E-state index in [2.05, 4.69) is 10.6 Å². The molecule has 1 aliphatic rings. The molecule has 2 N–H and O–H groups in total. The van der Waals surface area contributed by atoms with E-state index in [0.29, 0.717) is 17.5 Å². The second-order valence-corrected chi connectivity index (χ2v) is 6.43. The third-order valence-corrected chi connectivity index (χ3v) is 4.38. The van der Waals surface area contributed by atoms with Crippen molar-refractivity contribution in [2.75, 3.05) is 11.9 Å². The molecule has 1 amide bonds. The van der Waals surface area contributed by atoms with E-state index in [-0.39, 0.29) is 5.91 Å². The SMILES string of the molecule is Cc1cc(C)c(NC(=O)CCNC2CCCCC2)c(Cl)c1. The number of aryl methyl sites for hydroxylation is 2. The minimum Gasteiger partial charge on any atom is -0.325 e. The molecule has 0 aliphatic heterocycles. The normalized spacial score (nSPS) is 16.0. The van der Waals surface area contributed by atoms with Gasteiger partial charge in [0.2, 0.25) is 5.91 Å². The van der Waals surface area contributed by atoms with Gasteiger partial charge in [0, 0.05) is 19.0 Å². The van der Waals surface area contributed by atoms with Gasteiger partial charge < -0.3 is 10.6 Å². The van der Waals surface area contributed by atoms with Crippen molar-refractivity contribution in [3.05, 3.63) is 28.3 Å². The molecule has 1 fully saturated rings. The predicted octanol–water partition coefficient (Wildman–Crippen LogP) is 4.21. The fourth-order valence-corrected chi connectivity index (χ4v) is 3.34. The van der Waals surface area contributed by atoms with Crippen LogP contribution in [-0.4, -0.2) is 18.5 Å². The summed E-state index contributed by atoms with van der Waals surface area (Å²) >= 11 is 6.20. The third kappa shape index (κ3) is 5.01. The molecule has 1 aromatic carbocycles. The van der Waals surface area contributed by atoms with Crippen LogP contribution in [0.25, 0.3) is 0 Å². The number of carbonyl (C=O) groups excluding carboxylic acids is 1. The molecule has 4 heteroatoms. The van der Waals surface area contributed by atoms with E-state index in [1.807, 2.05) is 26.0 Å². The zero-order valence-electron chi connectivity index (χ0n) is 13.0. The molecule has 0 saturated heterocycles. The zero-order chi connectivity index (χ0) is 15.2. The summed E-state index contributed by atoms with van der Waals surface area (Å²) in [6.07, 6.45) is 6.93. The van der Waals surface area contributed by atoms with E-state index in [4.69, 9.17) is 11.6 Å². The first-order chi connectivity index (χ1) is 10.1. The Morgan fingerprint density at radius 3 is 2.62 bits per heavy atom. The molecule has 0 atom stereocenters. The van der Waals surface area contributed by atoms with Gasteiger partial charge in [-0.1, -0.05) is 36.9 Å². The first kappa shape index (κ1) is 16.3. The van der Waals surface area contributed by atoms with E-state index in [9.17, 15) is 4.79 Å². The van der Waals surface area contributed by atoms with Crippen LogP contribution in [0, 0.1) is 13.8 Å². The van der Waals surface area contributed by atoms with Gasteiger partial charge in [-0.3, -0.25) is 4.79 Å². The fraction of sp³-hybridized carbons (Fsp3) is 0.588. The van der Waals surface area contributed by atoms with E-state index < -0.39 is 0 Å². The molecular weight excluding hydrogens is 284 g/mol. The Hall–Kier alpha value is -1.06. The lowest BCUT2D eigenvalue weighted by Gasteiger charge is -2.22. The van der Waals surface area contributed by atoms with Crippen LogP contribution in [-0.2, 0) is 4.79 Å². The molecule has 0 unspecified atom stereocenters. The van der Waals surface area contributed by atoms with Crippen molar-refractivity contribution in [1.82, 2.24) is 5.32 Å². The largest absolute Gasteiger partial charge is 0.325 e. The van der Waals surface area contributed by atoms with Gasteiger partial charge >= 0.3 is 0 Å². The molecule has 0 aromatic heterocycles. The van der Waals surface area contributed by atoms with Crippen LogP contribution in [0.5, 0.6) is 0 Å². The summed E-state index contributed by atoms with van der Waals surface area (Å²) in [6.45, 7) is 4.70. The number of anilines is 1. The summed E-state index contributed by atoms with van der Waals surface area (Å²) in [7, 11) is 0. The zero-order valence-corrected chi connectivity index (χ0v) is 13.7. The quantitative estimate of drug-likeness (QED) is 0.855. The third-order valence-electron chi connectivity index (χ3n) is 4.09. The molecule has 0 radical (unpaired) electrons. The van der Waals surface area contributed by atoms with Crippen LogP contribution in [0.3, 0.4) is 0 Å². The first-order valence-corrected chi connectivity index (χ1v) is 8.24. The van der Waals surface area contributed by atoms with Gasteiger partial charge in [0.15, 0.2) is 0 Å². The van der Waals surface area contributed by atoms with E-state index in [0.717, 1.165) is 23.4 Å². The number of hydrogen-bond acceptors (Lipinski definition) is 2. The number of hydrogen-bond donors (Lipinski definition) is 2. The Labute approximate surface area is 132 Å².